The van der Waals surface area contributed by atoms with E-state index in [1.165, 1.54) is 22.7 Å². The fourth-order valence-electron chi connectivity index (χ4n) is 2.45. The predicted octanol–water partition coefficient (Wildman–Crippen LogP) is 2.80. The average Bonchev–Trinajstić information content (AvgIpc) is 3.01. The lowest BCUT2D eigenvalue weighted by atomic mass is 10.1. The highest BCUT2D eigenvalue weighted by Gasteiger charge is 2.36. The minimum Gasteiger partial charge on any atom is -0.321 e. The van der Waals surface area contributed by atoms with Crippen LogP contribution in [-0.4, -0.2) is 11.7 Å². The Balaban J connectivity index is 2.05. The number of hydrogen-bond donors (Lipinski definition) is 1. The van der Waals surface area contributed by atoms with E-state index >= 15 is 0 Å². The van der Waals surface area contributed by atoms with Gasteiger partial charge in [-0.05, 0) is 28.5 Å². The largest absolute Gasteiger partial charge is 0.321 e. The third-order valence-electron chi connectivity index (χ3n) is 3.22. The molecule has 0 saturated heterocycles. The van der Waals surface area contributed by atoms with E-state index in [-0.39, 0.29) is 11.7 Å². The lowest BCUT2D eigenvalue weighted by molar-refractivity contribution is -0.113. The Labute approximate surface area is 111 Å². The van der Waals surface area contributed by atoms with Crippen LogP contribution in [0, 0.1) is 0 Å². The molecule has 88 valence electrons. The first-order chi connectivity index (χ1) is 8.75. The number of fused-ring (bicyclic) bond motifs is 2. The fraction of sp³-hybridized carbons (Fsp3) is 0.0769. The second-order valence-electron chi connectivity index (χ2n) is 4.24. The Morgan fingerprint density at radius 2 is 1.78 bits per heavy atom. The van der Waals surface area contributed by atoms with E-state index in [4.69, 9.17) is 0 Å². The number of ketones is 1. The maximum Gasteiger partial charge on any atom is 0.258 e. The van der Waals surface area contributed by atoms with E-state index in [9.17, 15) is 9.59 Å². The number of nitrogens with one attached hydrogen (secondary N) is 1. The molecule has 0 bridgehead atoms. The van der Waals surface area contributed by atoms with E-state index in [2.05, 4.69) is 5.32 Å². The van der Waals surface area contributed by atoms with Gasteiger partial charge in [0.05, 0.1) is 16.1 Å². The van der Waals surface area contributed by atoms with Gasteiger partial charge in [-0.1, -0.05) is 0 Å². The van der Waals surface area contributed by atoms with Crippen molar-refractivity contribution in [3.05, 3.63) is 38.2 Å². The number of rotatable bonds is 0. The molecule has 4 rings (SSSR count). The topological polar surface area (TPSA) is 46.2 Å². The first-order valence-corrected chi connectivity index (χ1v) is 7.25. The summed E-state index contributed by atoms with van der Waals surface area (Å²) in [5.41, 5.74) is 3.04. The summed E-state index contributed by atoms with van der Waals surface area (Å²) in [5.74, 6) is -0.0929. The van der Waals surface area contributed by atoms with Crippen molar-refractivity contribution in [1.82, 2.24) is 0 Å². The Bertz CT molecular complexity index is 674. The van der Waals surface area contributed by atoms with Crippen LogP contribution in [0.1, 0.15) is 15.3 Å². The summed E-state index contributed by atoms with van der Waals surface area (Å²) >= 11 is 3.04. The molecule has 1 N–H and O–H groups in total. The molecule has 0 fully saturated rings. The normalized spacial score (nSPS) is 21.1. The summed E-state index contributed by atoms with van der Waals surface area (Å²) in [5, 5.41) is 6.72. The Kier molecular flexibility index (Phi) is 1.93. The summed E-state index contributed by atoms with van der Waals surface area (Å²) in [6.07, 6.45) is 0.422. The van der Waals surface area contributed by atoms with Crippen LogP contribution in [0.3, 0.4) is 0 Å². The van der Waals surface area contributed by atoms with Crippen molar-refractivity contribution < 1.29 is 9.59 Å². The number of anilines is 1. The molecule has 0 atom stereocenters. The van der Waals surface area contributed by atoms with Crippen LogP contribution in [-0.2, 0) is 16.0 Å². The lowest BCUT2D eigenvalue weighted by Gasteiger charge is -2.00. The Morgan fingerprint density at radius 3 is 2.67 bits per heavy atom. The van der Waals surface area contributed by atoms with Gasteiger partial charge in [0.1, 0.15) is 0 Å². The van der Waals surface area contributed by atoms with Gasteiger partial charge in [0.25, 0.3) is 5.91 Å². The molecule has 2 aliphatic rings. The van der Waals surface area contributed by atoms with E-state index in [0.717, 1.165) is 21.0 Å². The van der Waals surface area contributed by atoms with E-state index in [1.54, 1.807) is 0 Å². The number of hydrogen-bond acceptors (Lipinski definition) is 4. The third kappa shape index (κ3) is 1.18. The fourth-order valence-corrected chi connectivity index (χ4v) is 4.34. The minimum absolute atomic E-state index is 0.0586. The van der Waals surface area contributed by atoms with Gasteiger partial charge >= 0.3 is 0 Å². The highest BCUT2D eigenvalue weighted by atomic mass is 32.1. The van der Waals surface area contributed by atoms with E-state index in [0.29, 0.717) is 17.6 Å². The molecule has 1 aliphatic heterocycles. The molecule has 0 radical (unpaired) electrons. The van der Waals surface area contributed by atoms with Gasteiger partial charge < -0.3 is 5.32 Å². The summed E-state index contributed by atoms with van der Waals surface area (Å²) in [4.78, 5) is 26.0. The van der Waals surface area contributed by atoms with Gasteiger partial charge in [0, 0.05) is 16.9 Å². The van der Waals surface area contributed by atoms with Crippen LogP contribution in [0.25, 0.3) is 11.1 Å². The van der Waals surface area contributed by atoms with E-state index < -0.39 is 0 Å². The highest BCUT2D eigenvalue weighted by molar-refractivity contribution is 7.14. The second kappa shape index (κ2) is 3.40. The quantitative estimate of drug-likeness (QED) is 0.750. The zero-order valence-corrected chi connectivity index (χ0v) is 10.8. The number of thiophene rings is 2. The SMILES string of the molecule is O=C1Cc2ccsc2/C1=C1\C(=O)Nc2ccsc21. The molecule has 18 heavy (non-hydrogen) atoms. The number of Topliss-reactive ketones (excluding diaryl/α,β-unsaturated/α-hetero) is 1. The molecule has 3 nitrogen and oxygen atoms in total. The van der Waals surface area contributed by atoms with Crippen molar-refractivity contribution in [3.8, 4) is 0 Å². The summed E-state index contributed by atoms with van der Waals surface area (Å²) in [6, 6.07) is 3.84. The van der Waals surface area contributed by atoms with Crippen molar-refractivity contribution >= 4 is 51.2 Å². The van der Waals surface area contributed by atoms with Crippen LogP contribution in [0.5, 0.6) is 0 Å². The zero-order chi connectivity index (χ0) is 12.3. The lowest BCUT2D eigenvalue weighted by Crippen LogP contribution is -2.08. The van der Waals surface area contributed by atoms with Gasteiger partial charge in [-0.2, -0.15) is 0 Å². The van der Waals surface area contributed by atoms with Crippen LogP contribution in [0.4, 0.5) is 5.69 Å². The number of carbonyl (C=O) groups is 2. The highest BCUT2D eigenvalue weighted by Crippen LogP contribution is 2.45. The van der Waals surface area contributed by atoms with Crippen LogP contribution >= 0.6 is 22.7 Å². The van der Waals surface area contributed by atoms with Gasteiger partial charge in [0.15, 0.2) is 5.78 Å². The Morgan fingerprint density at radius 1 is 1.00 bits per heavy atom. The first-order valence-electron chi connectivity index (χ1n) is 5.49. The zero-order valence-electron chi connectivity index (χ0n) is 9.15. The molecule has 0 aromatic carbocycles. The minimum atomic E-state index is -0.151. The maximum absolute atomic E-state index is 12.1. The number of carbonyl (C=O) groups excluding carboxylic acids is 2. The Hall–Kier alpha value is -1.72. The summed E-state index contributed by atoms with van der Waals surface area (Å²) < 4.78 is 0. The van der Waals surface area contributed by atoms with Gasteiger partial charge in [-0.15, -0.1) is 22.7 Å². The number of amides is 1. The average molecular weight is 273 g/mol. The summed E-state index contributed by atoms with van der Waals surface area (Å²) in [7, 11) is 0. The maximum atomic E-state index is 12.1. The molecule has 1 aliphatic carbocycles. The standard InChI is InChI=1S/C13H7NO2S2/c15-8-5-6-1-3-17-11(6)9(8)10-12-7(2-4-18-12)14-13(10)16/h1-4H,5H2,(H,14,16)/b10-9-. The second-order valence-corrected chi connectivity index (χ2v) is 6.07. The summed E-state index contributed by atoms with van der Waals surface area (Å²) in [6.45, 7) is 0. The van der Waals surface area contributed by atoms with E-state index in [1.807, 2.05) is 22.9 Å². The van der Waals surface area contributed by atoms with Gasteiger partial charge in [-0.3, -0.25) is 9.59 Å². The van der Waals surface area contributed by atoms with Crippen LogP contribution in [0.15, 0.2) is 22.9 Å². The molecule has 5 heteroatoms. The van der Waals surface area contributed by atoms with Crippen LogP contribution < -0.4 is 5.32 Å². The van der Waals surface area contributed by atoms with Crippen molar-refractivity contribution in [1.29, 1.82) is 0 Å². The van der Waals surface area contributed by atoms with Gasteiger partial charge in [-0.25, -0.2) is 0 Å². The first kappa shape index (κ1) is 10.2. The monoisotopic (exact) mass is 273 g/mol. The molecule has 2 aromatic heterocycles. The molecule has 2 aromatic rings. The number of allylic oxidation sites excluding steroid dienone is 1. The van der Waals surface area contributed by atoms with Crippen LogP contribution in [0.2, 0.25) is 0 Å². The van der Waals surface area contributed by atoms with Crippen molar-refractivity contribution in [2.75, 3.05) is 5.32 Å². The molecule has 1 amide bonds. The molecule has 0 saturated carbocycles. The molecule has 0 unspecified atom stereocenters. The van der Waals surface area contributed by atoms with Crippen molar-refractivity contribution in [2.24, 2.45) is 0 Å². The smallest absolute Gasteiger partial charge is 0.258 e. The molecular weight excluding hydrogens is 266 g/mol. The predicted molar refractivity (Wildman–Crippen MR) is 72.8 cm³/mol. The molecule has 3 heterocycles. The third-order valence-corrected chi connectivity index (χ3v) is 5.13. The molecule has 0 spiro atoms. The van der Waals surface area contributed by atoms with Crippen molar-refractivity contribution in [3.63, 3.8) is 0 Å². The molecular formula is C13H7NO2S2. The van der Waals surface area contributed by atoms with Crippen molar-refractivity contribution in [2.45, 2.75) is 6.42 Å². The van der Waals surface area contributed by atoms with Gasteiger partial charge in [0.2, 0.25) is 0 Å².